The molecule has 4 rings (SSSR count). The van der Waals surface area contributed by atoms with Crippen LogP contribution in [0.25, 0.3) is 0 Å². The zero-order chi connectivity index (χ0) is 16.7. The summed E-state index contributed by atoms with van der Waals surface area (Å²) in [6.45, 7) is 1.26. The highest BCUT2D eigenvalue weighted by molar-refractivity contribution is 9.10. The van der Waals surface area contributed by atoms with E-state index in [1.54, 1.807) is 0 Å². The number of hydrogen-bond donors (Lipinski definition) is 1. The minimum atomic E-state index is -0.263. The van der Waals surface area contributed by atoms with E-state index in [1.165, 1.54) is 0 Å². The molecule has 0 aliphatic carbocycles. The van der Waals surface area contributed by atoms with Crippen molar-refractivity contribution >= 4 is 27.5 Å². The monoisotopic (exact) mass is 388 g/mol. The van der Waals surface area contributed by atoms with Gasteiger partial charge in [-0.25, -0.2) is 0 Å². The van der Waals surface area contributed by atoms with Gasteiger partial charge in [-0.2, -0.15) is 0 Å². The quantitative estimate of drug-likeness (QED) is 0.812. The van der Waals surface area contributed by atoms with Crippen molar-refractivity contribution in [3.8, 4) is 11.5 Å². The van der Waals surface area contributed by atoms with Crippen molar-refractivity contribution in [3.63, 3.8) is 0 Å². The first-order valence-corrected chi connectivity index (χ1v) is 8.66. The molecule has 124 valence electrons. The van der Waals surface area contributed by atoms with Gasteiger partial charge in [-0.1, -0.05) is 12.1 Å². The number of halogens is 1. The highest BCUT2D eigenvalue weighted by Gasteiger charge is 2.30. The SMILES string of the molecule is CN1c2ccccc2C(=O)N[C@H]1c1cc(Br)c2c(c1)OCCCO2. The molecular formula is C18H17BrN2O3. The Hall–Kier alpha value is -2.21. The average Bonchev–Trinajstić information content (AvgIpc) is 2.84. The second-order valence-electron chi connectivity index (χ2n) is 5.88. The summed E-state index contributed by atoms with van der Waals surface area (Å²) in [7, 11) is 1.97. The van der Waals surface area contributed by atoms with E-state index in [4.69, 9.17) is 9.47 Å². The first kappa shape index (κ1) is 15.3. The average molecular weight is 389 g/mol. The number of anilines is 1. The Morgan fingerprint density at radius 1 is 1.21 bits per heavy atom. The highest BCUT2D eigenvalue weighted by atomic mass is 79.9. The van der Waals surface area contributed by atoms with Crippen LogP contribution in [0.1, 0.15) is 28.5 Å². The lowest BCUT2D eigenvalue weighted by Crippen LogP contribution is -2.44. The van der Waals surface area contributed by atoms with Gasteiger partial charge in [0.2, 0.25) is 0 Å². The van der Waals surface area contributed by atoms with E-state index in [1.807, 2.05) is 43.4 Å². The standard InChI is InChI=1S/C18H17BrN2O3/c1-21-14-6-3-2-5-12(14)18(22)20-17(21)11-9-13(19)16-15(10-11)23-7-4-8-24-16/h2-3,5-6,9-10,17H,4,7-8H2,1H3,(H,20,22)/t17-/m1/s1. The third-order valence-corrected chi connectivity index (χ3v) is 4.91. The normalized spacial score (nSPS) is 19.3. The van der Waals surface area contributed by atoms with Crippen LogP contribution in [-0.2, 0) is 0 Å². The van der Waals surface area contributed by atoms with E-state index in [2.05, 4.69) is 26.1 Å². The van der Waals surface area contributed by atoms with Gasteiger partial charge in [0.15, 0.2) is 11.5 Å². The number of ether oxygens (including phenoxy) is 2. The predicted molar refractivity (Wildman–Crippen MR) is 94.8 cm³/mol. The van der Waals surface area contributed by atoms with E-state index < -0.39 is 0 Å². The predicted octanol–water partition coefficient (Wildman–Crippen LogP) is 3.49. The lowest BCUT2D eigenvalue weighted by atomic mass is 10.0. The van der Waals surface area contributed by atoms with Gasteiger partial charge in [-0.05, 0) is 45.8 Å². The minimum absolute atomic E-state index is 0.0723. The summed E-state index contributed by atoms with van der Waals surface area (Å²) in [5, 5.41) is 3.06. The topological polar surface area (TPSA) is 50.8 Å². The molecule has 0 unspecified atom stereocenters. The van der Waals surface area contributed by atoms with Crippen LogP contribution in [0.5, 0.6) is 11.5 Å². The van der Waals surface area contributed by atoms with Crippen molar-refractivity contribution in [2.75, 3.05) is 25.2 Å². The van der Waals surface area contributed by atoms with Gasteiger partial charge in [0.1, 0.15) is 6.17 Å². The van der Waals surface area contributed by atoms with Crippen molar-refractivity contribution in [2.24, 2.45) is 0 Å². The van der Waals surface area contributed by atoms with Gasteiger partial charge < -0.3 is 19.7 Å². The first-order chi connectivity index (χ1) is 11.6. The van der Waals surface area contributed by atoms with E-state index in [-0.39, 0.29) is 12.1 Å². The molecule has 1 N–H and O–H groups in total. The number of benzene rings is 2. The van der Waals surface area contributed by atoms with Gasteiger partial charge in [-0.3, -0.25) is 4.79 Å². The molecule has 0 bridgehead atoms. The summed E-state index contributed by atoms with van der Waals surface area (Å²) in [6.07, 6.45) is 0.588. The molecule has 5 nitrogen and oxygen atoms in total. The fourth-order valence-corrected chi connectivity index (χ4v) is 3.70. The molecule has 1 atom stereocenters. The second kappa shape index (κ2) is 6.02. The molecule has 0 radical (unpaired) electrons. The summed E-state index contributed by atoms with van der Waals surface area (Å²) in [6, 6.07) is 11.5. The number of hydrogen-bond acceptors (Lipinski definition) is 4. The largest absolute Gasteiger partial charge is 0.490 e. The Labute approximate surface area is 148 Å². The molecule has 24 heavy (non-hydrogen) atoms. The van der Waals surface area contributed by atoms with Crippen molar-refractivity contribution in [3.05, 3.63) is 52.0 Å². The summed E-state index contributed by atoms with van der Waals surface area (Å²) in [5.41, 5.74) is 2.54. The maximum atomic E-state index is 12.4. The van der Waals surface area contributed by atoms with E-state index in [9.17, 15) is 4.79 Å². The molecule has 2 heterocycles. The summed E-state index contributed by atoms with van der Waals surface area (Å²) in [5.74, 6) is 1.36. The van der Waals surface area contributed by atoms with E-state index in [0.717, 1.165) is 27.9 Å². The van der Waals surface area contributed by atoms with Crippen LogP contribution >= 0.6 is 15.9 Å². The molecule has 1 amide bonds. The number of nitrogens with zero attached hydrogens (tertiary/aromatic N) is 1. The number of carbonyl (C=O) groups is 1. The third-order valence-electron chi connectivity index (χ3n) is 4.32. The Balaban J connectivity index is 1.76. The van der Waals surface area contributed by atoms with Gasteiger partial charge in [0.05, 0.1) is 28.9 Å². The van der Waals surface area contributed by atoms with Gasteiger partial charge in [0, 0.05) is 13.5 Å². The number of para-hydroxylation sites is 1. The molecule has 2 aromatic rings. The molecule has 6 heteroatoms. The van der Waals surface area contributed by atoms with Crippen LogP contribution in [0.3, 0.4) is 0 Å². The fourth-order valence-electron chi connectivity index (χ4n) is 3.13. The Morgan fingerprint density at radius 2 is 2.00 bits per heavy atom. The summed E-state index contributed by atoms with van der Waals surface area (Å²) < 4.78 is 12.4. The lowest BCUT2D eigenvalue weighted by molar-refractivity contribution is 0.0928. The van der Waals surface area contributed by atoms with E-state index in [0.29, 0.717) is 24.5 Å². The number of nitrogens with one attached hydrogen (secondary N) is 1. The Bertz CT molecular complexity index is 809. The number of carbonyl (C=O) groups excluding carboxylic acids is 1. The summed E-state index contributed by atoms with van der Waals surface area (Å²) >= 11 is 3.56. The number of fused-ring (bicyclic) bond motifs is 2. The third kappa shape index (κ3) is 2.51. The molecule has 0 spiro atoms. The van der Waals surface area contributed by atoms with Crippen LogP contribution in [0.15, 0.2) is 40.9 Å². The van der Waals surface area contributed by atoms with Crippen molar-refractivity contribution < 1.29 is 14.3 Å². The molecule has 0 saturated carbocycles. The number of amides is 1. The van der Waals surface area contributed by atoms with Crippen LogP contribution in [0, 0.1) is 0 Å². The van der Waals surface area contributed by atoms with E-state index >= 15 is 0 Å². The smallest absolute Gasteiger partial charge is 0.255 e. The first-order valence-electron chi connectivity index (χ1n) is 7.87. The minimum Gasteiger partial charge on any atom is -0.490 e. The molecular weight excluding hydrogens is 372 g/mol. The Morgan fingerprint density at radius 3 is 2.88 bits per heavy atom. The lowest BCUT2D eigenvalue weighted by Gasteiger charge is -2.36. The van der Waals surface area contributed by atoms with Crippen molar-refractivity contribution in [1.82, 2.24) is 5.32 Å². The van der Waals surface area contributed by atoms with Gasteiger partial charge in [0.25, 0.3) is 5.91 Å². The molecule has 0 aromatic heterocycles. The van der Waals surface area contributed by atoms with Crippen LogP contribution in [0.2, 0.25) is 0 Å². The van der Waals surface area contributed by atoms with Crippen LogP contribution in [-0.4, -0.2) is 26.2 Å². The molecule has 2 aromatic carbocycles. The molecule has 2 aliphatic rings. The van der Waals surface area contributed by atoms with Gasteiger partial charge in [-0.15, -0.1) is 0 Å². The zero-order valence-electron chi connectivity index (χ0n) is 13.2. The second-order valence-corrected chi connectivity index (χ2v) is 6.74. The molecule has 0 fully saturated rings. The maximum absolute atomic E-state index is 12.4. The fraction of sp³-hybridized carbons (Fsp3) is 0.278. The van der Waals surface area contributed by atoms with Crippen molar-refractivity contribution in [1.29, 1.82) is 0 Å². The van der Waals surface area contributed by atoms with Crippen LogP contribution < -0.4 is 19.7 Å². The Kier molecular flexibility index (Phi) is 3.84. The summed E-state index contributed by atoms with van der Waals surface area (Å²) in [4.78, 5) is 14.5. The maximum Gasteiger partial charge on any atom is 0.255 e. The number of rotatable bonds is 1. The molecule has 0 saturated heterocycles. The zero-order valence-corrected chi connectivity index (χ0v) is 14.8. The van der Waals surface area contributed by atoms with Gasteiger partial charge >= 0.3 is 0 Å². The van der Waals surface area contributed by atoms with Crippen molar-refractivity contribution in [2.45, 2.75) is 12.6 Å². The molecule has 2 aliphatic heterocycles. The highest BCUT2D eigenvalue weighted by Crippen LogP contribution is 2.41. The van der Waals surface area contributed by atoms with Crippen LogP contribution in [0.4, 0.5) is 5.69 Å².